The number of nitriles is 2. The van der Waals surface area contributed by atoms with Gasteiger partial charge in [0.1, 0.15) is 23.3 Å². The summed E-state index contributed by atoms with van der Waals surface area (Å²) >= 11 is 3.40. The molecule has 2 fully saturated rings. The number of benzene rings is 1. The van der Waals surface area contributed by atoms with E-state index in [9.17, 15) is 29.7 Å². The van der Waals surface area contributed by atoms with Crippen LogP contribution in [-0.4, -0.2) is 47.5 Å². The van der Waals surface area contributed by atoms with Crippen LogP contribution in [0.5, 0.6) is 0 Å². The highest BCUT2D eigenvalue weighted by Crippen LogP contribution is 2.64. The zero-order valence-electron chi connectivity index (χ0n) is 30.8. The second-order valence-electron chi connectivity index (χ2n) is 15.7. The van der Waals surface area contributed by atoms with Gasteiger partial charge in [-0.2, -0.15) is 10.5 Å². The second-order valence-corrected chi connectivity index (χ2v) is 17.9. The monoisotopic (exact) mass is 750 g/mol. The largest absolute Gasteiger partial charge is 0.277 e. The van der Waals surface area contributed by atoms with Gasteiger partial charge in [-0.15, -0.1) is 22.7 Å². The SMILES string of the molecule is CC1=C(C#N)C(=O)N(C)C(=O)/C1=C\c1cc2c(s1)-c1cc3c(cc1C21CCCCC1)-c1sc(/C=C2/C(=O)N(C)C(=O)C(C#N)=C2C)cc1C31CCCCC1. The van der Waals surface area contributed by atoms with Crippen molar-refractivity contribution < 1.29 is 19.2 Å². The van der Waals surface area contributed by atoms with Gasteiger partial charge in [0.05, 0.1) is 0 Å². The van der Waals surface area contributed by atoms with E-state index in [1.54, 1.807) is 36.5 Å². The molecule has 4 amide bonds. The van der Waals surface area contributed by atoms with Crippen molar-refractivity contribution in [3.8, 4) is 33.0 Å². The number of thiophene rings is 2. The van der Waals surface area contributed by atoms with Crippen molar-refractivity contribution in [2.75, 3.05) is 14.1 Å². The van der Waals surface area contributed by atoms with Crippen LogP contribution in [0.25, 0.3) is 33.0 Å². The predicted octanol–water partition coefficient (Wildman–Crippen LogP) is 8.71. The molecule has 2 aliphatic heterocycles. The van der Waals surface area contributed by atoms with Crippen LogP contribution < -0.4 is 0 Å². The number of amides is 4. The van der Waals surface area contributed by atoms with E-state index in [-0.39, 0.29) is 33.8 Å². The third kappa shape index (κ3) is 4.56. The normalized spacial score (nSPS) is 22.7. The smallest absolute Gasteiger partial charge is 0.271 e. The highest BCUT2D eigenvalue weighted by molar-refractivity contribution is 7.17. The van der Waals surface area contributed by atoms with Crippen LogP contribution in [-0.2, 0) is 30.0 Å². The van der Waals surface area contributed by atoms with Crippen molar-refractivity contribution in [1.29, 1.82) is 10.5 Å². The molecule has 6 aliphatic rings. The fourth-order valence-electron chi connectivity index (χ4n) is 10.2. The summed E-state index contributed by atoms with van der Waals surface area (Å²) in [6.45, 7) is 3.38. The molecule has 0 bridgehead atoms. The maximum atomic E-state index is 13.3. The molecule has 2 spiro atoms. The van der Waals surface area contributed by atoms with Gasteiger partial charge in [0.25, 0.3) is 23.6 Å². The molecule has 4 heterocycles. The number of rotatable bonds is 2. The van der Waals surface area contributed by atoms with Crippen LogP contribution in [0.4, 0.5) is 0 Å². The first-order valence-electron chi connectivity index (χ1n) is 18.7. The maximum Gasteiger partial charge on any atom is 0.271 e. The average Bonchev–Trinajstić information content (AvgIpc) is 3.91. The summed E-state index contributed by atoms with van der Waals surface area (Å²) in [5.41, 5.74) is 9.38. The Morgan fingerprint density at radius 2 is 0.944 bits per heavy atom. The molecule has 0 atom stereocenters. The summed E-state index contributed by atoms with van der Waals surface area (Å²) in [6, 6.07) is 13.5. The first-order chi connectivity index (χ1) is 26.0. The number of carbonyl (C=O) groups is 4. The van der Waals surface area contributed by atoms with Crippen molar-refractivity contribution in [2.45, 2.75) is 88.9 Å². The van der Waals surface area contributed by atoms with E-state index < -0.39 is 11.8 Å². The van der Waals surface area contributed by atoms with Gasteiger partial charge in [-0.1, -0.05) is 38.5 Å². The van der Waals surface area contributed by atoms with Gasteiger partial charge in [0.15, 0.2) is 0 Å². The fourth-order valence-corrected chi connectivity index (χ4v) is 12.7. The minimum Gasteiger partial charge on any atom is -0.277 e. The Morgan fingerprint density at radius 3 is 1.30 bits per heavy atom. The molecule has 2 saturated carbocycles. The van der Waals surface area contributed by atoms with Crippen molar-refractivity contribution in [3.63, 3.8) is 0 Å². The van der Waals surface area contributed by atoms with Crippen molar-refractivity contribution in [2.24, 2.45) is 0 Å². The standard InChI is InChI=1S/C44H38N4O4S2/c1-23-27(39(49)47(3)41(51)31(23)21-45)15-25-17-35-37(53-25)29-19-34-30(20-33(29)43(35)11-7-5-8-12-43)38-36(44(34)13-9-6-10-14-44)18-26(54-38)16-28-24(2)32(22-46)42(52)48(4)40(28)50/h15-20H,5-14H2,1-4H3/b27-15-,28-16+. The summed E-state index contributed by atoms with van der Waals surface area (Å²) in [7, 11) is 2.87. The third-order valence-electron chi connectivity index (χ3n) is 13.1. The van der Waals surface area contributed by atoms with Gasteiger partial charge in [-0.3, -0.25) is 29.0 Å². The van der Waals surface area contributed by atoms with Crippen LogP contribution in [0.1, 0.15) is 110 Å². The molecule has 9 rings (SSSR count). The molecule has 1 aromatic carbocycles. The first kappa shape index (κ1) is 34.6. The predicted molar refractivity (Wildman–Crippen MR) is 209 cm³/mol. The lowest BCUT2D eigenvalue weighted by Crippen LogP contribution is -2.39. The van der Waals surface area contributed by atoms with Crippen molar-refractivity contribution in [1.82, 2.24) is 9.80 Å². The summed E-state index contributed by atoms with van der Waals surface area (Å²) in [6.07, 6.45) is 14.9. The third-order valence-corrected chi connectivity index (χ3v) is 15.3. The lowest BCUT2D eigenvalue weighted by Gasteiger charge is -2.37. The zero-order chi connectivity index (χ0) is 37.8. The molecule has 270 valence electrons. The highest BCUT2D eigenvalue weighted by atomic mass is 32.1. The van der Waals surface area contributed by atoms with Crippen LogP contribution in [0.15, 0.2) is 57.7 Å². The Hall–Kier alpha value is -5.16. The number of nitrogens with zero attached hydrogens (tertiary/aromatic N) is 4. The number of likely N-dealkylation sites (N-methyl/N-ethyl adjacent to an activating group) is 2. The minimum atomic E-state index is -0.560. The number of fused-ring (bicyclic) bond motifs is 10. The zero-order valence-corrected chi connectivity index (χ0v) is 32.4. The number of hydrogen-bond donors (Lipinski definition) is 0. The van der Waals surface area contributed by atoms with Crippen LogP contribution in [0.2, 0.25) is 0 Å². The maximum absolute atomic E-state index is 13.3. The Kier molecular flexibility index (Phi) is 7.80. The fraction of sp³-hybridized carbons (Fsp3) is 0.364. The van der Waals surface area contributed by atoms with Gasteiger partial charge in [-0.05, 0) is 120 Å². The van der Waals surface area contributed by atoms with E-state index in [1.165, 1.54) is 70.1 Å². The van der Waals surface area contributed by atoms with E-state index >= 15 is 0 Å². The van der Waals surface area contributed by atoms with Gasteiger partial charge in [-0.25, -0.2) is 0 Å². The Bertz CT molecular complexity index is 2340. The molecular weight excluding hydrogens is 713 g/mol. The topological polar surface area (TPSA) is 122 Å². The van der Waals surface area contributed by atoms with Gasteiger partial charge < -0.3 is 0 Å². The van der Waals surface area contributed by atoms with Crippen LogP contribution >= 0.6 is 22.7 Å². The molecule has 10 heteroatoms. The lowest BCUT2D eigenvalue weighted by molar-refractivity contribution is -0.140. The molecule has 8 nitrogen and oxygen atoms in total. The quantitative estimate of drug-likeness (QED) is 0.191. The molecule has 4 aliphatic carbocycles. The van der Waals surface area contributed by atoms with E-state index in [0.717, 1.165) is 70.9 Å². The molecule has 2 aromatic heterocycles. The van der Waals surface area contributed by atoms with E-state index in [0.29, 0.717) is 22.3 Å². The van der Waals surface area contributed by atoms with Crippen molar-refractivity contribution >= 4 is 58.5 Å². The molecular formula is C44H38N4O4S2. The molecule has 0 saturated heterocycles. The van der Waals surface area contributed by atoms with E-state index in [2.05, 4.69) is 24.3 Å². The highest BCUT2D eigenvalue weighted by Gasteiger charge is 2.50. The molecule has 3 aromatic rings. The Morgan fingerprint density at radius 1 is 0.574 bits per heavy atom. The Labute approximate surface area is 322 Å². The molecule has 0 radical (unpaired) electrons. The lowest BCUT2D eigenvalue weighted by atomic mass is 9.66. The van der Waals surface area contributed by atoms with E-state index in [1.807, 2.05) is 24.3 Å². The minimum absolute atomic E-state index is 0.00741. The average molecular weight is 751 g/mol. The van der Waals surface area contributed by atoms with Crippen LogP contribution in [0.3, 0.4) is 0 Å². The summed E-state index contributed by atoms with van der Waals surface area (Å²) in [5.74, 6) is -1.90. The van der Waals surface area contributed by atoms with Crippen molar-refractivity contribution in [3.05, 3.63) is 89.7 Å². The van der Waals surface area contributed by atoms with Gasteiger partial charge >= 0.3 is 0 Å². The number of carbonyl (C=O) groups excluding carboxylic acids is 4. The number of imide groups is 2. The number of hydrogen-bond acceptors (Lipinski definition) is 8. The summed E-state index contributed by atoms with van der Waals surface area (Å²) in [4.78, 5) is 58.5. The molecule has 54 heavy (non-hydrogen) atoms. The van der Waals surface area contributed by atoms with E-state index in [4.69, 9.17) is 0 Å². The molecule has 0 N–H and O–H groups in total. The van der Waals surface area contributed by atoms with Gasteiger partial charge in [0, 0.05) is 55.6 Å². The molecule has 0 unspecified atom stereocenters. The summed E-state index contributed by atoms with van der Waals surface area (Å²) in [5, 5.41) is 19.5. The van der Waals surface area contributed by atoms with Gasteiger partial charge in [0.2, 0.25) is 0 Å². The van der Waals surface area contributed by atoms with Crippen LogP contribution in [0, 0.1) is 22.7 Å². The second kappa shape index (κ2) is 12.2. The first-order valence-corrected chi connectivity index (χ1v) is 20.4. The summed E-state index contributed by atoms with van der Waals surface area (Å²) < 4.78 is 0. The Balaban J connectivity index is 1.21.